The van der Waals surface area contributed by atoms with Crippen molar-refractivity contribution >= 4 is 44.2 Å². The van der Waals surface area contributed by atoms with Crippen LogP contribution in [0.3, 0.4) is 0 Å². The van der Waals surface area contributed by atoms with Gasteiger partial charge in [-0.25, -0.2) is 4.39 Å². The van der Waals surface area contributed by atoms with Crippen LogP contribution in [0.4, 0.5) is 4.39 Å². The van der Waals surface area contributed by atoms with Crippen LogP contribution < -0.4 is 5.32 Å². The summed E-state index contributed by atoms with van der Waals surface area (Å²) >= 11 is 1.59. The molecule has 7 heteroatoms. The normalized spacial score (nSPS) is 12.3. The Morgan fingerprint density at radius 3 is 2.50 bits per heavy atom. The number of aliphatic carboxylic acids is 1. The smallest absolute Gasteiger partial charge is 0.305 e. The number of carboxylic acids is 1. The van der Waals surface area contributed by atoms with Gasteiger partial charge in [-0.3, -0.25) is 9.59 Å². The number of carboxylic acid groups (broad SMARTS) is 1. The third-order valence-electron chi connectivity index (χ3n) is 6.70. The summed E-state index contributed by atoms with van der Waals surface area (Å²) in [7, 11) is 0. The Hall–Kier alpha value is -3.97. The number of aromatic nitrogens is 1. The first kappa shape index (κ1) is 25.7. The van der Waals surface area contributed by atoms with Crippen LogP contribution in [0.5, 0.6) is 0 Å². The molecule has 0 aliphatic heterocycles. The topological polar surface area (TPSA) is 71.3 Å². The summed E-state index contributed by atoms with van der Waals surface area (Å²) < 4.78 is 16.9. The van der Waals surface area contributed by atoms with Crippen LogP contribution in [-0.2, 0) is 4.79 Å². The summed E-state index contributed by atoms with van der Waals surface area (Å²) in [5, 5.41) is 13.6. The third kappa shape index (κ3) is 5.48. The number of hydrogen-bond donors (Lipinski definition) is 2. The quantitative estimate of drug-likeness (QED) is 0.208. The SMILES string of the molecule is CC(C)CC(c1ccc(C(=O)NCCC(=O)O)cc1)n1ccc2cc(-c3cc4ccc(F)cc4s3)ccc21. The van der Waals surface area contributed by atoms with Gasteiger partial charge in [0.1, 0.15) is 5.82 Å². The van der Waals surface area contributed by atoms with E-state index < -0.39 is 5.97 Å². The number of thiophene rings is 1. The summed E-state index contributed by atoms with van der Waals surface area (Å²) in [4.78, 5) is 24.2. The van der Waals surface area contributed by atoms with E-state index in [0.717, 1.165) is 43.4 Å². The Labute approximate surface area is 224 Å². The van der Waals surface area contributed by atoms with E-state index in [1.54, 1.807) is 29.5 Å². The fourth-order valence-electron chi connectivity index (χ4n) is 4.83. The number of amides is 1. The second-order valence-corrected chi connectivity index (χ2v) is 11.0. The molecule has 0 saturated carbocycles. The maximum absolute atomic E-state index is 13.7. The molecule has 38 heavy (non-hydrogen) atoms. The van der Waals surface area contributed by atoms with E-state index in [2.05, 4.69) is 60.3 Å². The monoisotopic (exact) mass is 528 g/mol. The molecular formula is C31H29FN2O3S. The number of nitrogens with one attached hydrogen (secondary N) is 1. The molecule has 3 aromatic carbocycles. The van der Waals surface area contributed by atoms with Crippen LogP contribution >= 0.6 is 11.3 Å². The lowest BCUT2D eigenvalue weighted by Crippen LogP contribution is -2.26. The Bertz CT molecular complexity index is 1620. The molecule has 0 aliphatic rings. The van der Waals surface area contributed by atoms with Gasteiger partial charge < -0.3 is 15.0 Å². The molecule has 0 radical (unpaired) electrons. The standard InChI is InChI=1S/C31H29FN2O3S/c1-19(2)15-27(20-3-5-21(6-4-20)31(37)33-13-11-30(35)36)34-14-12-22-16-23(8-10-26(22)34)28-17-24-7-9-25(32)18-29(24)38-28/h3-10,12,14,16-19,27H,11,13,15H2,1-2H3,(H,33,37)(H,35,36). The van der Waals surface area contributed by atoms with Crippen LogP contribution in [0.1, 0.15) is 48.7 Å². The zero-order valence-electron chi connectivity index (χ0n) is 21.3. The van der Waals surface area contributed by atoms with Crippen molar-refractivity contribution in [1.82, 2.24) is 9.88 Å². The van der Waals surface area contributed by atoms with E-state index in [1.807, 2.05) is 18.2 Å². The maximum atomic E-state index is 13.7. The zero-order valence-corrected chi connectivity index (χ0v) is 22.1. The van der Waals surface area contributed by atoms with Gasteiger partial charge in [-0.15, -0.1) is 11.3 Å². The number of benzene rings is 3. The zero-order chi connectivity index (χ0) is 26.8. The molecule has 0 fully saturated rings. The van der Waals surface area contributed by atoms with E-state index in [9.17, 15) is 14.0 Å². The minimum absolute atomic E-state index is 0.0924. The van der Waals surface area contributed by atoms with Gasteiger partial charge >= 0.3 is 5.97 Å². The van der Waals surface area contributed by atoms with Crippen molar-refractivity contribution in [3.8, 4) is 10.4 Å². The lowest BCUT2D eigenvalue weighted by molar-refractivity contribution is -0.136. The van der Waals surface area contributed by atoms with Crippen LogP contribution in [0.2, 0.25) is 0 Å². The summed E-state index contributed by atoms with van der Waals surface area (Å²) in [6.45, 7) is 4.50. The van der Waals surface area contributed by atoms with Crippen molar-refractivity contribution in [2.24, 2.45) is 5.92 Å². The molecule has 194 valence electrons. The van der Waals surface area contributed by atoms with Gasteiger partial charge in [0.2, 0.25) is 0 Å². The third-order valence-corrected chi connectivity index (χ3v) is 7.85. The van der Waals surface area contributed by atoms with Crippen molar-refractivity contribution in [2.75, 3.05) is 6.54 Å². The van der Waals surface area contributed by atoms with Crippen molar-refractivity contribution in [3.63, 3.8) is 0 Å². The maximum Gasteiger partial charge on any atom is 0.305 e. The fraction of sp³-hybridized carbons (Fsp3) is 0.226. The highest BCUT2D eigenvalue weighted by atomic mass is 32.1. The first-order chi connectivity index (χ1) is 18.3. The number of hydrogen-bond acceptors (Lipinski definition) is 3. The molecule has 2 aromatic heterocycles. The van der Waals surface area contributed by atoms with Crippen LogP contribution in [0.15, 0.2) is 79.0 Å². The molecule has 2 heterocycles. The first-order valence-electron chi connectivity index (χ1n) is 12.7. The molecule has 1 atom stereocenters. The Morgan fingerprint density at radius 2 is 1.76 bits per heavy atom. The van der Waals surface area contributed by atoms with Crippen LogP contribution in [0.25, 0.3) is 31.4 Å². The van der Waals surface area contributed by atoms with E-state index >= 15 is 0 Å². The number of rotatable bonds is 9. The Morgan fingerprint density at radius 1 is 0.974 bits per heavy atom. The van der Waals surface area contributed by atoms with Gasteiger partial charge in [0.25, 0.3) is 5.91 Å². The Balaban J connectivity index is 1.43. The van der Waals surface area contributed by atoms with Crippen molar-refractivity contribution in [2.45, 2.75) is 32.7 Å². The second kappa shape index (κ2) is 10.8. The van der Waals surface area contributed by atoms with Crippen molar-refractivity contribution < 1.29 is 19.1 Å². The molecule has 5 rings (SSSR count). The van der Waals surface area contributed by atoms with Gasteiger partial charge in [-0.05, 0) is 77.4 Å². The van der Waals surface area contributed by atoms with Gasteiger partial charge in [-0.2, -0.15) is 0 Å². The average Bonchev–Trinajstić information content (AvgIpc) is 3.50. The molecule has 0 aliphatic carbocycles. The molecule has 0 spiro atoms. The van der Waals surface area contributed by atoms with Gasteiger partial charge in [0.15, 0.2) is 0 Å². The molecule has 1 unspecified atom stereocenters. The van der Waals surface area contributed by atoms with Gasteiger partial charge in [0.05, 0.1) is 12.5 Å². The molecular weight excluding hydrogens is 499 g/mol. The molecule has 2 N–H and O–H groups in total. The highest BCUT2D eigenvalue weighted by Crippen LogP contribution is 2.37. The Kier molecular flexibility index (Phi) is 7.29. The van der Waals surface area contributed by atoms with Crippen LogP contribution in [-0.4, -0.2) is 28.1 Å². The summed E-state index contributed by atoms with van der Waals surface area (Å²) in [5.41, 5.74) is 3.85. The highest BCUT2D eigenvalue weighted by Gasteiger charge is 2.19. The lowest BCUT2D eigenvalue weighted by atomic mass is 9.95. The molecule has 0 bridgehead atoms. The van der Waals surface area contributed by atoms with Crippen molar-refractivity contribution in [3.05, 3.63) is 95.9 Å². The number of nitrogens with zero attached hydrogens (tertiary/aromatic N) is 1. The predicted octanol–water partition coefficient (Wildman–Crippen LogP) is 7.50. The largest absolute Gasteiger partial charge is 0.481 e. The number of carbonyl (C=O) groups is 2. The van der Waals surface area contributed by atoms with Crippen molar-refractivity contribution in [1.29, 1.82) is 0 Å². The van der Waals surface area contributed by atoms with Crippen LogP contribution in [0, 0.1) is 11.7 Å². The molecule has 1 amide bonds. The summed E-state index contributed by atoms with van der Waals surface area (Å²) in [6, 6.07) is 23.2. The van der Waals surface area contributed by atoms with Gasteiger partial charge in [-0.1, -0.05) is 38.1 Å². The first-order valence-corrected chi connectivity index (χ1v) is 13.5. The highest BCUT2D eigenvalue weighted by molar-refractivity contribution is 7.22. The lowest BCUT2D eigenvalue weighted by Gasteiger charge is -2.23. The van der Waals surface area contributed by atoms with E-state index in [-0.39, 0.29) is 30.7 Å². The fourth-order valence-corrected chi connectivity index (χ4v) is 5.92. The molecule has 5 nitrogen and oxygen atoms in total. The summed E-state index contributed by atoms with van der Waals surface area (Å²) in [5.74, 6) is -0.986. The van der Waals surface area contributed by atoms with E-state index in [4.69, 9.17) is 5.11 Å². The second-order valence-electron chi connectivity index (χ2n) is 9.96. The summed E-state index contributed by atoms with van der Waals surface area (Å²) in [6.07, 6.45) is 2.94. The average molecular weight is 529 g/mol. The van der Waals surface area contributed by atoms with E-state index in [1.165, 1.54) is 6.07 Å². The minimum Gasteiger partial charge on any atom is -0.481 e. The molecule has 0 saturated heterocycles. The number of fused-ring (bicyclic) bond motifs is 2. The number of halogens is 1. The minimum atomic E-state index is -0.942. The van der Waals surface area contributed by atoms with Gasteiger partial charge in [0, 0.05) is 38.8 Å². The molecule has 5 aromatic rings. The predicted molar refractivity (Wildman–Crippen MR) is 151 cm³/mol. The number of carbonyl (C=O) groups excluding carboxylic acids is 1. The van der Waals surface area contributed by atoms with E-state index in [0.29, 0.717) is 11.5 Å².